The van der Waals surface area contributed by atoms with Gasteiger partial charge < -0.3 is 14.4 Å². The minimum absolute atomic E-state index is 0.0176. The van der Waals surface area contributed by atoms with Gasteiger partial charge in [0.2, 0.25) is 5.91 Å². The van der Waals surface area contributed by atoms with Crippen LogP contribution in [0.5, 0.6) is 11.5 Å². The lowest BCUT2D eigenvalue weighted by Crippen LogP contribution is -2.33. The van der Waals surface area contributed by atoms with Gasteiger partial charge in [-0.05, 0) is 49.6 Å². The maximum absolute atomic E-state index is 13.0. The average Bonchev–Trinajstić information content (AvgIpc) is 3.38. The number of hydrogen-bond donors (Lipinski definition) is 0. The quantitative estimate of drug-likeness (QED) is 0.639. The van der Waals surface area contributed by atoms with Crippen LogP contribution in [0.1, 0.15) is 58.0 Å². The lowest BCUT2D eigenvalue weighted by atomic mass is 10.0. The summed E-state index contributed by atoms with van der Waals surface area (Å²) in [5.74, 6) is 0.905. The first kappa shape index (κ1) is 20.9. The van der Waals surface area contributed by atoms with Gasteiger partial charge in [0.05, 0.1) is 31.4 Å². The van der Waals surface area contributed by atoms with Crippen molar-refractivity contribution in [3.63, 3.8) is 0 Å². The van der Waals surface area contributed by atoms with Crippen molar-refractivity contribution in [3.05, 3.63) is 59.2 Å². The summed E-state index contributed by atoms with van der Waals surface area (Å²) in [6.45, 7) is 0.913. The summed E-state index contributed by atoms with van der Waals surface area (Å²) in [6, 6.07) is 12.4. The number of fused-ring (bicyclic) bond motifs is 1. The maximum atomic E-state index is 13.0. The first-order chi connectivity index (χ1) is 15.0. The van der Waals surface area contributed by atoms with Gasteiger partial charge in [0.1, 0.15) is 11.5 Å². The molecule has 0 N–H and O–H groups in total. The van der Waals surface area contributed by atoms with Gasteiger partial charge in [0.15, 0.2) is 0 Å². The topological polar surface area (TPSA) is 76.2 Å². The molecule has 1 saturated heterocycles. The van der Waals surface area contributed by atoms with Crippen molar-refractivity contribution in [1.29, 1.82) is 0 Å². The molecule has 4 rings (SSSR count). The van der Waals surface area contributed by atoms with E-state index in [-0.39, 0.29) is 36.7 Å². The molecule has 31 heavy (non-hydrogen) atoms. The first-order valence-electron chi connectivity index (χ1n) is 10.5. The molecule has 2 aromatic carbocycles. The predicted octanol–water partition coefficient (Wildman–Crippen LogP) is 3.44. The van der Waals surface area contributed by atoms with Gasteiger partial charge in [-0.1, -0.05) is 12.1 Å². The fraction of sp³-hybridized carbons (Fsp3) is 0.375. The van der Waals surface area contributed by atoms with Crippen molar-refractivity contribution >= 4 is 17.7 Å². The number of ether oxygens (including phenoxy) is 2. The largest absolute Gasteiger partial charge is 0.497 e. The Balaban J connectivity index is 1.40. The number of nitrogens with zero attached hydrogens (tertiary/aromatic N) is 2. The highest BCUT2D eigenvalue weighted by Crippen LogP contribution is 2.39. The molecular formula is C24H26N2O5. The molecule has 2 heterocycles. The van der Waals surface area contributed by atoms with Crippen molar-refractivity contribution in [1.82, 2.24) is 9.80 Å². The molecule has 0 radical (unpaired) electrons. The molecule has 2 aliphatic heterocycles. The normalized spacial score (nSPS) is 17.8. The standard InChI is InChI=1S/C24H26N2O5/c1-30-16-11-12-21(31-2)19(15-16)20-9-5-13-25(20)22(27)10-6-14-26-23(28)17-7-3-4-8-18(17)24(26)29/h3-4,7-8,11-12,15,20H,5-6,9-10,13-14H2,1-2H3/t20-/m0/s1. The average molecular weight is 422 g/mol. The molecule has 1 atom stereocenters. The Kier molecular flexibility index (Phi) is 5.93. The Morgan fingerprint density at radius 1 is 1.03 bits per heavy atom. The van der Waals surface area contributed by atoms with Gasteiger partial charge in [-0.25, -0.2) is 0 Å². The van der Waals surface area contributed by atoms with Crippen LogP contribution in [0.2, 0.25) is 0 Å². The molecule has 0 saturated carbocycles. The molecular weight excluding hydrogens is 396 g/mol. The third-order valence-corrected chi connectivity index (χ3v) is 6.02. The summed E-state index contributed by atoms with van der Waals surface area (Å²) >= 11 is 0. The highest BCUT2D eigenvalue weighted by molar-refractivity contribution is 6.21. The summed E-state index contributed by atoms with van der Waals surface area (Å²) in [7, 11) is 3.23. The molecule has 0 unspecified atom stereocenters. The highest BCUT2D eigenvalue weighted by Gasteiger charge is 2.35. The Bertz CT molecular complexity index is 984. The van der Waals surface area contributed by atoms with Crippen molar-refractivity contribution in [3.8, 4) is 11.5 Å². The smallest absolute Gasteiger partial charge is 0.261 e. The summed E-state index contributed by atoms with van der Waals surface area (Å²) in [4.78, 5) is 41.1. The van der Waals surface area contributed by atoms with Crippen molar-refractivity contribution in [2.24, 2.45) is 0 Å². The van der Waals surface area contributed by atoms with Crippen LogP contribution in [0, 0.1) is 0 Å². The Hall–Kier alpha value is -3.35. The van der Waals surface area contributed by atoms with Gasteiger partial charge in [0, 0.05) is 25.1 Å². The molecule has 2 aliphatic rings. The minimum Gasteiger partial charge on any atom is -0.497 e. The van der Waals surface area contributed by atoms with Gasteiger partial charge in [-0.3, -0.25) is 19.3 Å². The zero-order valence-corrected chi connectivity index (χ0v) is 17.8. The van der Waals surface area contributed by atoms with E-state index in [2.05, 4.69) is 0 Å². The number of hydrogen-bond acceptors (Lipinski definition) is 5. The monoisotopic (exact) mass is 422 g/mol. The van der Waals surface area contributed by atoms with Gasteiger partial charge in [-0.15, -0.1) is 0 Å². The van der Waals surface area contributed by atoms with Crippen LogP contribution >= 0.6 is 0 Å². The molecule has 2 aromatic rings. The van der Waals surface area contributed by atoms with Crippen LogP contribution in [0.15, 0.2) is 42.5 Å². The van der Waals surface area contributed by atoms with Gasteiger partial charge in [0.25, 0.3) is 11.8 Å². The SMILES string of the molecule is COc1ccc(OC)c([C@@H]2CCCN2C(=O)CCCN2C(=O)c3ccccc3C2=O)c1. The Labute approximate surface area is 181 Å². The molecule has 1 fully saturated rings. The van der Waals surface area contributed by atoms with E-state index < -0.39 is 0 Å². The number of imide groups is 1. The van der Waals surface area contributed by atoms with Crippen LogP contribution in [-0.4, -0.2) is 54.8 Å². The van der Waals surface area contributed by atoms with Crippen LogP contribution in [0.4, 0.5) is 0 Å². The lowest BCUT2D eigenvalue weighted by molar-refractivity contribution is -0.132. The summed E-state index contributed by atoms with van der Waals surface area (Å²) in [5.41, 5.74) is 1.81. The van der Waals surface area contributed by atoms with E-state index in [4.69, 9.17) is 9.47 Å². The van der Waals surface area contributed by atoms with Gasteiger partial charge in [-0.2, -0.15) is 0 Å². The summed E-state index contributed by atoms with van der Waals surface area (Å²) in [5, 5.41) is 0. The predicted molar refractivity (Wildman–Crippen MR) is 114 cm³/mol. The molecule has 0 aliphatic carbocycles. The third kappa shape index (κ3) is 3.87. The molecule has 162 valence electrons. The highest BCUT2D eigenvalue weighted by atomic mass is 16.5. The van der Waals surface area contributed by atoms with Crippen LogP contribution in [0.3, 0.4) is 0 Å². The van der Waals surface area contributed by atoms with E-state index in [0.29, 0.717) is 24.1 Å². The van der Waals surface area contributed by atoms with E-state index >= 15 is 0 Å². The molecule has 7 heteroatoms. The zero-order chi connectivity index (χ0) is 22.0. The second-order valence-corrected chi connectivity index (χ2v) is 7.76. The number of benzene rings is 2. The Morgan fingerprint density at radius 2 is 1.74 bits per heavy atom. The second-order valence-electron chi connectivity index (χ2n) is 7.76. The molecule has 0 spiro atoms. The van der Waals surface area contributed by atoms with E-state index in [1.165, 1.54) is 4.90 Å². The van der Waals surface area contributed by atoms with E-state index in [1.807, 2.05) is 23.1 Å². The first-order valence-corrected chi connectivity index (χ1v) is 10.5. The van der Waals surface area contributed by atoms with E-state index in [1.54, 1.807) is 38.5 Å². The van der Waals surface area contributed by atoms with E-state index in [9.17, 15) is 14.4 Å². The van der Waals surface area contributed by atoms with E-state index in [0.717, 1.165) is 29.9 Å². The van der Waals surface area contributed by atoms with Crippen molar-refractivity contribution in [2.75, 3.05) is 27.3 Å². The van der Waals surface area contributed by atoms with Crippen LogP contribution in [-0.2, 0) is 4.79 Å². The molecule has 7 nitrogen and oxygen atoms in total. The lowest BCUT2D eigenvalue weighted by Gasteiger charge is -2.27. The van der Waals surface area contributed by atoms with Gasteiger partial charge >= 0.3 is 0 Å². The number of carbonyl (C=O) groups is 3. The second kappa shape index (κ2) is 8.79. The summed E-state index contributed by atoms with van der Waals surface area (Å²) in [6.07, 6.45) is 2.47. The number of likely N-dealkylation sites (tertiary alicyclic amines) is 1. The molecule has 0 bridgehead atoms. The molecule has 3 amide bonds. The third-order valence-electron chi connectivity index (χ3n) is 6.02. The van der Waals surface area contributed by atoms with Crippen molar-refractivity contribution < 1.29 is 23.9 Å². The minimum atomic E-state index is -0.284. The number of amides is 3. The van der Waals surface area contributed by atoms with Crippen LogP contribution < -0.4 is 9.47 Å². The molecule has 0 aromatic heterocycles. The Morgan fingerprint density at radius 3 is 2.39 bits per heavy atom. The summed E-state index contributed by atoms with van der Waals surface area (Å²) < 4.78 is 10.9. The number of methoxy groups -OCH3 is 2. The number of rotatable bonds is 7. The fourth-order valence-electron chi connectivity index (χ4n) is 4.46. The maximum Gasteiger partial charge on any atom is 0.261 e. The fourth-order valence-corrected chi connectivity index (χ4v) is 4.46. The van der Waals surface area contributed by atoms with Crippen molar-refractivity contribution in [2.45, 2.75) is 31.7 Å². The van der Waals surface area contributed by atoms with Crippen LogP contribution in [0.25, 0.3) is 0 Å². The number of carbonyl (C=O) groups excluding carboxylic acids is 3. The zero-order valence-electron chi connectivity index (χ0n) is 17.8.